The third-order valence-corrected chi connectivity index (χ3v) is 5.80. The lowest BCUT2D eigenvalue weighted by molar-refractivity contribution is 0.414. The van der Waals surface area contributed by atoms with Crippen molar-refractivity contribution in [3.05, 3.63) is 78.1 Å². The van der Waals surface area contributed by atoms with E-state index in [9.17, 15) is 12.8 Å². The first-order valence-electron chi connectivity index (χ1n) is 7.67. The maximum atomic E-state index is 13.1. The molecule has 5 heteroatoms. The van der Waals surface area contributed by atoms with E-state index < -0.39 is 9.84 Å². The average Bonchev–Trinajstić information content (AvgIpc) is 2.62. The number of hydrogen-bond donors (Lipinski definition) is 0. The fraction of sp³-hybridized carbons (Fsp3) is 0.100. The zero-order valence-corrected chi connectivity index (χ0v) is 14.7. The maximum absolute atomic E-state index is 13.1. The van der Waals surface area contributed by atoms with Crippen LogP contribution in [0.15, 0.2) is 76.5 Å². The summed E-state index contributed by atoms with van der Waals surface area (Å²) in [5, 5.41) is 0. The number of hydrogen-bond acceptors (Lipinski definition) is 3. The molecule has 0 heterocycles. The highest BCUT2D eigenvalue weighted by Gasteiger charge is 2.18. The van der Waals surface area contributed by atoms with Crippen LogP contribution >= 0.6 is 0 Å². The maximum Gasteiger partial charge on any atom is 0.206 e. The Hall–Kier alpha value is -2.66. The Labute approximate surface area is 146 Å². The van der Waals surface area contributed by atoms with Gasteiger partial charge in [0.05, 0.1) is 16.9 Å². The molecule has 0 amide bonds. The first kappa shape index (κ1) is 17.2. The van der Waals surface area contributed by atoms with Gasteiger partial charge in [0.1, 0.15) is 11.6 Å². The molecule has 0 atom stereocenters. The van der Waals surface area contributed by atoms with Crippen molar-refractivity contribution in [2.75, 3.05) is 7.11 Å². The van der Waals surface area contributed by atoms with Crippen molar-refractivity contribution >= 4 is 9.84 Å². The van der Waals surface area contributed by atoms with Crippen molar-refractivity contribution in [1.82, 2.24) is 0 Å². The monoisotopic (exact) mass is 356 g/mol. The first-order valence-corrected chi connectivity index (χ1v) is 9.16. The predicted octanol–water partition coefficient (Wildman–Crippen LogP) is 4.64. The summed E-state index contributed by atoms with van der Waals surface area (Å²) in [6.07, 6.45) is 0. The summed E-state index contributed by atoms with van der Waals surface area (Å²) < 4.78 is 43.7. The highest BCUT2D eigenvalue weighted by molar-refractivity contribution is 7.91. The third-order valence-electron chi connectivity index (χ3n) is 4.03. The van der Waals surface area contributed by atoms with Crippen molar-refractivity contribution in [2.24, 2.45) is 0 Å². The minimum atomic E-state index is -3.61. The van der Waals surface area contributed by atoms with E-state index in [1.165, 1.54) is 31.4 Å². The smallest absolute Gasteiger partial charge is 0.206 e. The summed E-state index contributed by atoms with van der Waals surface area (Å²) in [7, 11) is -2.08. The standard InChI is InChI=1S/C20H17FO3S/c1-14-13-19(11-12-20(14)15-3-5-16(21)6-4-15)25(22,23)18-9-7-17(24-2)8-10-18/h3-13H,1-2H3. The molecule has 0 aromatic heterocycles. The van der Waals surface area contributed by atoms with Gasteiger partial charge in [-0.15, -0.1) is 0 Å². The van der Waals surface area contributed by atoms with Crippen LogP contribution in [0.2, 0.25) is 0 Å². The van der Waals surface area contributed by atoms with E-state index in [1.54, 1.807) is 42.5 Å². The Morgan fingerprint density at radius 3 is 2.00 bits per heavy atom. The van der Waals surface area contributed by atoms with Gasteiger partial charge in [0.2, 0.25) is 9.84 Å². The van der Waals surface area contributed by atoms with Crippen LogP contribution in [0.5, 0.6) is 5.75 Å². The van der Waals surface area contributed by atoms with Crippen molar-refractivity contribution in [2.45, 2.75) is 16.7 Å². The molecule has 0 bridgehead atoms. The topological polar surface area (TPSA) is 43.4 Å². The van der Waals surface area contributed by atoms with E-state index in [4.69, 9.17) is 4.74 Å². The van der Waals surface area contributed by atoms with Gasteiger partial charge in [-0.1, -0.05) is 18.2 Å². The van der Waals surface area contributed by atoms with E-state index >= 15 is 0 Å². The molecule has 25 heavy (non-hydrogen) atoms. The van der Waals surface area contributed by atoms with Crippen LogP contribution in [0.3, 0.4) is 0 Å². The minimum absolute atomic E-state index is 0.210. The highest BCUT2D eigenvalue weighted by Crippen LogP contribution is 2.29. The second-order valence-corrected chi connectivity index (χ2v) is 7.61. The molecule has 0 aliphatic carbocycles. The normalized spacial score (nSPS) is 11.3. The molecule has 128 valence electrons. The van der Waals surface area contributed by atoms with E-state index in [0.29, 0.717) is 5.75 Å². The quantitative estimate of drug-likeness (QED) is 0.684. The van der Waals surface area contributed by atoms with Crippen LogP contribution in [0.25, 0.3) is 11.1 Å². The second kappa shape index (κ2) is 6.69. The lowest BCUT2D eigenvalue weighted by atomic mass is 10.0. The lowest BCUT2D eigenvalue weighted by Gasteiger charge is -2.10. The van der Waals surface area contributed by atoms with Crippen LogP contribution in [0, 0.1) is 12.7 Å². The largest absolute Gasteiger partial charge is 0.497 e. The van der Waals surface area contributed by atoms with E-state index in [-0.39, 0.29) is 15.6 Å². The molecule has 0 saturated heterocycles. The average molecular weight is 356 g/mol. The summed E-state index contributed by atoms with van der Waals surface area (Å²) in [6.45, 7) is 1.84. The minimum Gasteiger partial charge on any atom is -0.497 e. The number of sulfone groups is 1. The summed E-state index contributed by atoms with van der Waals surface area (Å²) in [6, 6.07) is 17.4. The number of benzene rings is 3. The Balaban J connectivity index is 2.00. The van der Waals surface area contributed by atoms with Gasteiger partial charge in [-0.05, 0) is 72.1 Å². The zero-order valence-electron chi connectivity index (χ0n) is 13.9. The van der Waals surface area contributed by atoms with Crippen molar-refractivity contribution in [1.29, 1.82) is 0 Å². The van der Waals surface area contributed by atoms with Gasteiger partial charge in [-0.3, -0.25) is 0 Å². The van der Waals surface area contributed by atoms with Crippen molar-refractivity contribution in [3.63, 3.8) is 0 Å². The molecule has 0 radical (unpaired) electrons. The van der Waals surface area contributed by atoms with Gasteiger partial charge in [-0.25, -0.2) is 12.8 Å². The number of aryl methyl sites for hydroxylation is 1. The highest BCUT2D eigenvalue weighted by atomic mass is 32.2. The molecule has 0 aliphatic heterocycles. The summed E-state index contributed by atoms with van der Waals surface area (Å²) in [5.74, 6) is 0.293. The van der Waals surface area contributed by atoms with E-state index in [0.717, 1.165) is 16.7 Å². The summed E-state index contributed by atoms with van der Waals surface area (Å²) in [5.41, 5.74) is 2.52. The Morgan fingerprint density at radius 1 is 0.840 bits per heavy atom. The number of methoxy groups -OCH3 is 1. The fourth-order valence-electron chi connectivity index (χ4n) is 2.65. The van der Waals surface area contributed by atoms with Crippen molar-refractivity contribution < 1.29 is 17.5 Å². The first-order chi connectivity index (χ1) is 11.9. The Kier molecular flexibility index (Phi) is 4.59. The van der Waals surface area contributed by atoms with Gasteiger partial charge < -0.3 is 4.74 Å². The van der Waals surface area contributed by atoms with Crippen LogP contribution in [0.1, 0.15) is 5.56 Å². The Morgan fingerprint density at radius 2 is 1.44 bits per heavy atom. The van der Waals surface area contributed by atoms with Gasteiger partial charge >= 0.3 is 0 Å². The predicted molar refractivity (Wildman–Crippen MR) is 95.0 cm³/mol. The molecule has 0 fully saturated rings. The third kappa shape index (κ3) is 3.42. The van der Waals surface area contributed by atoms with Gasteiger partial charge in [0.25, 0.3) is 0 Å². The van der Waals surface area contributed by atoms with Gasteiger partial charge in [0, 0.05) is 0 Å². The molecule has 0 aliphatic rings. The van der Waals surface area contributed by atoms with Crippen LogP contribution in [-0.2, 0) is 9.84 Å². The summed E-state index contributed by atoms with van der Waals surface area (Å²) >= 11 is 0. The van der Waals surface area contributed by atoms with Crippen LogP contribution < -0.4 is 4.74 Å². The van der Waals surface area contributed by atoms with E-state index in [1.807, 2.05) is 6.92 Å². The molecule has 3 aromatic carbocycles. The van der Waals surface area contributed by atoms with Gasteiger partial charge in [0.15, 0.2) is 0 Å². The van der Waals surface area contributed by atoms with Crippen molar-refractivity contribution in [3.8, 4) is 16.9 Å². The molecular formula is C20H17FO3S. The molecule has 0 N–H and O–H groups in total. The number of halogens is 1. The SMILES string of the molecule is COc1ccc(S(=O)(=O)c2ccc(-c3ccc(F)cc3)c(C)c2)cc1. The van der Waals surface area contributed by atoms with E-state index in [2.05, 4.69) is 0 Å². The molecule has 3 rings (SSSR count). The molecular weight excluding hydrogens is 339 g/mol. The van der Waals surface area contributed by atoms with Gasteiger partial charge in [-0.2, -0.15) is 0 Å². The van der Waals surface area contributed by atoms with Crippen LogP contribution in [0.4, 0.5) is 4.39 Å². The lowest BCUT2D eigenvalue weighted by Crippen LogP contribution is -2.02. The number of rotatable bonds is 4. The zero-order chi connectivity index (χ0) is 18.0. The Bertz CT molecular complexity index is 992. The number of ether oxygens (including phenoxy) is 1. The molecule has 3 nitrogen and oxygen atoms in total. The molecule has 3 aromatic rings. The summed E-state index contributed by atoms with van der Waals surface area (Å²) in [4.78, 5) is 0.434. The second-order valence-electron chi connectivity index (χ2n) is 5.66. The fourth-order valence-corrected chi connectivity index (χ4v) is 3.99. The molecule has 0 spiro atoms. The van der Waals surface area contributed by atoms with Crippen LogP contribution in [-0.4, -0.2) is 15.5 Å². The molecule has 0 unspecified atom stereocenters. The molecule has 0 saturated carbocycles.